The van der Waals surface area contributed by atoms with Gasteiger partial charge in [-0.05, 0) is 50.3 Å². The molecular weight excluding hydrogens is 442 g/mol. The number of H-pyrrole nitrogens is 1. The number of hydrogen-bond donors (Lipinski definition) is 2. The molecule has 0 saturated heterocycles. The number of nitrogens with one attached hydrogen (secondary N) is 2. The molecule has 178 valence electrons. The lowest BCUT2D eigenvalue weighted by atomic mass is 10.1. The van der Waals surface area contributed by atoms with Crippen LogP contribution in [-0.2, 0) is 24.4 Å². The largest absolute Gasteiger partial charge is 0.352 e. The van der Waals surface area contributed by atoms with Crippen molar-refractivity contribution < 1.29 is 4.79 Å². The predicted molar refractivity (Wildman–Crippen MR) is 131 cm³/mol. The van der Waals surface area contributed by atoms with Crippen LogP contribution in [-0.4, -0.2) is 25.0 Å². The Morgan fingerprint density at radius 2 is 1.70 bits per heavy atom. The summed E-state index contributed by atoms with van der Waals surface area (Å²) in [4.78, 5) is 45.0. The molecule has 0 saturated carbocycles. The van der Waals surface area contributed by atoms with Gasteiger partial charge in [0.25, 0.3) is 5.56 Å². The van der Waals surface area contributed by atoms with Crippen molar-refractivity contribution in [1.29, 1.82) is 0 Å². The third-order valence-corrected chi connectivity index (χ3v) is 5.80. The Bertz CT molecular complexity index is 1220. The summed E-state index contributed by atoms with van der Waals surface area (Å²) in [5, 5.41) is 3.03. The zero-order chi connectivity index (χ0) is 24.0. The van der Waals surface area contributed by atoms with Crippen molar-refractivity contribution in [3.05, 3.63) is 61.0 Å². The Morgan fingerprint density at radius 3 is 2.39 bits per heavy atom. The van der Waals surface area contributed by atoms with E-state index in [9.17, 15) is 14.4 Å². The molecule has 3 aromatic rings. The van der Waals surface area contributed by atoms with E-state index in [-0.39, 0.29) is 28.9 Å². The second-order valence-corrected chi connectivity index (χ2v) is 8.91. The van der Waals surface area contributed by atoms with Gasteiger partial charge in [-0.15, -0.1) is 0 Å². The molecule has 2 heterocycles. The smallest absolute Gasteiger partial charge is 0.332 e. The Balaban J connectivity index is 1.60. The summed E-state index contributed by atoms with van der Waals surface area (Å²) in [6, 6.07) is 6.21. The third kappa shape index (κ3) is 6.35. The molecule has 2 N–H and O–H groups in total. The van der Waals surface area contributed by atoms with Gasteiger partial charge < -0.3 is 10.3 Å². The van der Waals surface area contributed by atoms with Crippen molar-refractivity contribution in [2.24, 2.45) is 0 Å². The molecule has 33 heavy (non-hydrogen) atoms. The first-order valence-corrected chi connectivity index (χ1v) is 11.9. The zero-order valence-corrected chi connectivity index (χ0v) is 20.3. The van der Waals surface area contributed by atoms with E-state index in [4.69, 9.17) is 11.6 Å². The molecule has 9 heteroatoms. The van der Waals surface area contributed by atoms with Gasteiger partial charge in [-0.2, -0.15) is 4.98 Å². The molecule has 0 unspecified atom stereocenters. The number of nitrogens with zero attached hydrogens (tertiary/aromatic N) is 3. The number of hydrogen-bond acceptors (Lipinski definition) is 4. The summed E-state index contributed by atoms with van der Waals surface area (Å²) in [6.45, 7) is 7.36. The van der Waals surface area contributed by atoms with Crippen molar-refractivity contribution in [2.75, 3.05) is 0 Å². The quantitative estimate of drug-likeness (QED) is 0.326. The average molecular weight is 474 g/mol. The number of carbonyl (C=O) groups is 1. The minimum Gasteiger partial charge on any atom is -0.352 e. The van der Waals surface area contributed by atoms with Gasteiger partial charge in [0, 0.05) is 26.1 Å². The van der Waals surface area contributed by atoms with E-state index in [1.165, 1.54) is 20.3 Å². The summed E-state index contributed by atoms with van der Waals surface area (Å²) in [5.41, 5.74) is 3.13. The lowest BCUT2D eigenvalue weighted by Gasteiger charge is -2.11. The Labute approximate surface area is 198 Å². The number of benzene rings is 1. The first-order valence-electron chi connectivity index (χ1n) is 11.5. The highest BCUT2D eigenvalue weighted by molar-refractivity contribution is 6.28. The normalized spacial score (nSPS) is 11.3. The lowest BCUT2D eigenvalue weighted by Crippen LogP contribution is -2.40. The van der Waals surface area contributed by atoms with Crippen LogP contribution in [0.4, 0.5) is 0 Å². The van der Waals surface area contributed by atoms with Crippen molar-refractivity contribution in [3.63, 3.8) is 0 Å². The monoisotopic (exact) mass is 473 g/mol. The van der Waals surface area contributed by atoms with E-state index in [1.54, 1.807) is 0 Å². The first-order chi connectivity index (χ1) is 15.8. The fraction of sp³-hybridized carbons (Fsp3) is 0.500. The third-order valence-electron chi connectivity index (χ3n) is 5.62. The number of rotatable bonds is 11. The van der Waals surface area contributed by atoms with Crippen molar-refractivity contribution in [2.45, 2.75) is 78.9 Å². The van der Waals surface area contributed by atoms with E-state index in [2.05, 4.69) is 40.4 Å². The molecule has 0 radical (unpaired) electrons. The van der Waals surface area contributed by atoms with Crippen LogP contribution in [0.15, 0.2) is 27.8 Å². The van der Waals surface area contributed by atoms with Gasteiger partial charge in [0.1, 0.15) is 0 Å². The van der Waals surface area contributed by atoms with Crippen LogP contribution in [0.25, 0.3) is 11.2 Å². The van der Waals surface area contributed by atoms with Gasteiger partial charge >= 0.3 is 5.69 Å². The van der Waals surface area contributed by atoms with Gasteiger partial charge in [-0.1, -0.05) is 49.1 Å². The average Bonchev–Trinajstić information content (AvgIpc) is 3.15. The standard InChI is InChI=1S/C24H32ClN5O3/c1-4-5-7-10-29-21-20(27-23(25)28-21)22(32)30(24(29)33)11-8-6-9-19(31)26-15-18-13-16(2)12-17(3)14-18/h12-14H,4-11,15H2,1-3H3,(H,26,31)(H,27,28). The second kappa shape index (κ2) is 11.3. The summed E-state index contributed by atoms with van der Waals surface area (Å²) < 4.78 is 2.74. The number of unbranched alkanes of at least 4 members (excludes halogenated alkanes) is 3. The molecule has 0 spiro atoms. The number of halogens is 1. The number of aromatic nitrogens is 4. The zero-order valence-electron chi connectivity index (χ0n) is 19.5. The molecule has 0 aliphatic heterocycles. The van der Waals surface area contributed by atoms with E-state index >= 15 is 0 Å². The molecule has 0 bridgehead atoms. The van der Waals surface area contributed by atoms with Crippen molar-refractivity contribution in [3.8, 4) is 0 Å². The lowest BCUT2D eigenvalue weighted by molar-refractivity contribution is -0.121. The topological polar surface area (TPSA) is 102 Å². The SMILES string of the molecule is CCCCCn1c(=O)n(CCCCC(=O)NCc2cc(C)cc(C)c2)c(=O)c2[nH]c(Cl)nc21. The molecular formula is C24H32ClN5O3. The van der Waals surface area contributed by atoms with Gasteiger partial charge in [0.15, 0.2) is 11.2 Å². The first kappa shape index (κ1) is 24.8. The van der Waals surface area contributed by atoms with Crippen LogP contribution >= 0.6 is 11.6 Å². The number of carbonyl (C=O) groups excluding carboxylic acids is 1. The Kier molecular flexibility index (Phi) is 8.49. The highest BCUT2D eigenvalue weighted by Gasteiger charge is 2.16. The van der Waals surface area contributed by atoms with E-state index < -0.39 is 5.56 Å². The molecule has 0 aliphatic rings. The molecule has 0 atom stereocenters. The fourth-order valence-corrected chi connectivity index (χ4v) is 4.25. The van der Waals surface area contributed by atoms with Crippen molar-refractivity contribution in [1.82, 2.24) is 24.4 Å². The van der Waals surface area contributed by atoms with Crippen LogP contribution in [0.5, 0.6) is 0 Å². The van der Waals surface area contributed by atoms with Crippen LogP contribution < -0.4 is 16.6 Å². The minimum atomic E-state index is -0.430. The molecule has 1 amide bonds. The predicted octanol–water partition coefficient (Wildman–Crippen LogP) is 3.83. The van der Waals surface area contributed by atoms with E-state index in [1.807, 2.05) is 13.8 Å². The number of fused-ring (bicyclic) bond motifs is 1. The highest BCUT2D eigenvalue weighted by atomic mass is 35.5. The molecule has 0 aliphatic carbocycles. The van der Waals surface area contributed by atoms with Gasteiger partial charge in [-0.3, -0.25) is 18.7 Å². The minimum absolute atomic E-state index is 0.0470. The number of imidazole rings is 1. The maximum atomic E-state index is 13.0. The van der Waals surface area contributed by atoms with Crippen LogP contribution in [0.1, 0.15) is 62.1 Å². The van der Waals surface area contributed by atoms with E-state index in [0.29, 0.717) is 38.0 Å². The Hall–Kier alpha value is -2.87. The number of amides is 1. The number of aryl methyl sites for hydroxylation is 3. The van der Waals surface area contributed by atoms with Gasteiger partial charge in [0.05, 0.1) is 0 Å². The van der Waals surface area contributed by atoms with Crippen molar-refractivity contribution >= 4 is 28.7 Å². The number of aromatic amines is 1. The van der Waals surface area contributed by atoms with Gasteiger partial charge in [0.2, 0.25) is 11.2 Å². The molecule has 8 nitrogen and oxygen atoms in total. The summed E-state index contributed by atoms with van der Waals surface area (Å²) in [6.07, 6.45) is 4.25. The molecule has 3 rings (SSSR count). The van der Waals surface area contributed by atoms with E-state index in [0.717, 1.165) is 24.8 Å². The van der Waals surface area contributed by atoms with Crippen LogP contribution in [0.3, 0.4) is 0 Å². The molecule has 0 fully saturated rings. The summed E-state index contributed by atoms with van der Waals surface area (Å²) in [7, 11) is 0. The summed E-state index contributed by atoms with van der Waals surface area (Å²) in [5.74, 6) is -0.0470. The summed E-state index contributed by atoms with van der Waals surface area (Å²) >= 11 is 5.97. The maximum Gasteiger partial charge on any atom is 0.332 e. The molecule has 2 aromatic heterocycles. The van der Waals surface area contributed by atoms with Gasteiger partial charge in [-0.25, -0.2) is 4.79 Å². The molecule has 1 aromatic carbocycles. The van der Waals surface area contributed by atoms with Crippen LogP contribution in [0, 0.1) is 13.8 Å². The second-order valence-electron chi connectivity index (χ2n) is 8.55. The van der Waals surface area contributed by atoms with Crippen LogP contribution in [0.2, 0.25) is 5.28 Å². The highest BCUT2D eigenvalue weighted by Crippen LogP contribution is 2.11. The fourth-order valence-electron chi connectivity index (χ4n) is 4.07. The Morgan fingerprint density at radius 1 is 1.03 bits per heavy atom. The maximum absolute atomic E-state index is 13.0.